The topological polar surface area (TPSA) is 53.5 Å². The van der Waals surface area contributed by atoms with Gasteiger partial charge in [0.2, 0.25) is 5.91 Å². The average molecular weight is 287 g/mol. The summed E-state index contributed by atoms with van der Waals surface area (Å²) in [7, 11) is 1.70. The van der Waals surface area contributed by atoms with E-state index >= 15 is 0 Å². The Labute approximate surface area is 121 Å². The molecule has 0 spiro atoms. The van der Waals surface area contributed by atoms with Gasteiger partial charge in [-0.3, -0.25) is 9.59 Å². The monoisotopic (exact) mass is 287 g/mol. The number of likely N-dealkylation sites (N-methyl/N-ethyl adjacent to an activating group) is 1. The molecule has 2 heterocycles. The van der Waals surface area contributed by atoms with Crippen LogP contribution >= 0.6 is 0 Å². The molecule has 0 aliphatic carbocycles. The standard InChI is InChI=1S/C15H14FN3O2/c1-18-7-8-19(9-13(18)20)15(21)12-6-5-10-3-2-4-11(16)14(10)17-12/h2-6H,7-9H2,1H3. The number of carbonyl (C=O) groups is 2. The molecule has 0 bridgehead atoms. The molecule has 0 atom stereocenters. The molecule has 5 nitrogen and oxygen atoms in total. The Balaban J connectivity index is 1.91. The van der Waals surface area contributed by atoms with Crippen LogP contribution in [0.25, 0.3) is 10.9 Å². The van der Waals surface area contributed by atoms with Crippen molar-refractivity contribution in [3.8, 4) is 0 Å². The predicted octanol–water partition coefficient (Wildman–Crippen LogP) is 1.29. The molecule has 1 aromatic carbocycles. The fourth-order valence-corrected chi connectivity index (χ4v) is 2.32. The Morgan fingerprint density at radius 1 is 1.24 bits per heavy atom. The number of piperazine rings is 1. The summed E-state index contributed by atoms with van der Waals surface area (Å²) in [6.07, 6.45) is 0. The predicted molar refractivity (Wildman–Crippen MR) is 75.2 cm³/mol. The first-order valence-electron chi connectivity index (χ1n) is 6.65. The van der Waals surface area contributed by atoms with Crippen molar-refractivity contribution in [1.82, 2.24) is 14.8 Å². The number of hydrogen-bond donors (Lipinski definition) is 0. The first-order valence-corrected chi connectivity index (χ1v) is 6.65. The van der Waals surface area contributed by atoms with Crippen LogP contribution in [0.1, 0.15) is 10.5 Å². The van der Waals surface area contributed by atoms with Crippen molar-refractivity contribution in [2.45, 2.75) is 0 Å². The first kappa shape index (κ1) is 13.5. The zero-order valence-electron chi connectivity index (χ0n) is 11.5. The van der Waals surface area contributed by atoms with E-state index in [1.165, 1.54) is 11.0 Å². The molecule has 6 heteroatoms. The molecular weight excluding hydrogens is 273 g/mol. The lowest BCUT2D eigenvalue weighted by Gasteiger charge is -2.31. The van der Waals surface area contributed by atoms with Gasteiger partial charge >= 0.3 is 0 Å². The number of aromatic nitrogens is 1. The zero-order valence-corrected chi connectivity index (χ0v) is 11.5. The summed E-state index contributed by atoms with van der Waals surface area (Å²) in [5, 5.41) is 0.640. The molecule has 2 amide bonds. The maximum absolute atomic E-state index is 13.7. The summed E-state index contributed by atoms with van der Waals surface area (Å²) in [5.41, 5.74) is 0.328. The van der Waals surface area contributed by atoms with E-state index in [0.717, 1.165) is 0 Å². The Morgan fingerprint density at radius 3 is 2.81 bits per heavy atom. The molecular formula is C15H14FN3O2. The second-order valence-corrected chi connectivity index (χ2v) is 5.05. The van der Waals surface area contributed by atoms with Crippen LogP contribution in [0.3, 0.4) is 0 Å². The van der Waals surface area contributed by atoms with Gasteiger partial charge in [0, 0.05) is 25.5 Å². The molecule has 0 N–H and O–H groups in total. The Morgan fingerprint density at radius 2 is 2.05 bits per heavy atom. The van der Waals surface area contributed by atoms with E-state index in [9.17, 15) is 14.0 Å². The van der Waals surface area contributed by atoms with Gasteiger partial charge in [-0.15, -0.1) is 0 Å². The lowest BCUT2D eigenvalue weighted by Crippen LogP contribution is -2.50. The van der Waals surface area contributed by atoms with Crippen LogP contribution in [0.2, 0.25) is 0 Å². The van der Waals surface area contributed by atoms with Crippen LogP contribution in [0, 0.1) is 5.82 Å². The summed E-state index contributed by atoms with van der Waals surface area (Å²) >= 11 is 0. The third kappa shape index (κ3) is 2.44. The number of benzene rings is 1. The van der Waals surface area contributed by atoms with Crippen LogP contribution in [-0.2, 0) is 4.79 Å². The van der Waals surface area contributed by atoms with E-state index in [1.807, 2.05) is 0 Å². The number of fused-ring (bicyclic) bond motifs is 1. The number of hydrogen-bond acceptors (Lipinski definition) is 3. The number of rotatable bonds is 1. The highest BCUT2D eigenvalue weighted by molar-refractivity contribution is 5.97. The number of carbonyl (C=O) groups excluding carboxylic acids is 2. The van der Waals surface area contributed by atoms with Crippen LogP contribution in [0.15, 0.2) is 30.3 Å². The summed E-state index contributed by atoms with van der Waals surface area (Å²) in [5.74, 6) is -0.917. The van der Waals surface area contributed by atoms with Crippen LogP contribution < -0.4 is 0 Å². The Kier molecular flexibility index (Phi) is 3.29. The van der Waals surface area contributed by atoms with E-state index in [4.69, 9.17) is 0 Å². The van der Waals surface area contributed by atoms with Gasteiger partial charge in [0.05, 0.1) is 0 Å². The Hall–Kier alpha value is -2.50. The van der Waals surface area contributed by atoms with E-state index in [0.29, 0.717) is 18.5 Å². The fraction of sp³-hybridized carbons (Fsp3) is 0.267. The van der Waals surface area contributed by atoms with E-state index in [2.05, 4.69) is 4.98 Å². The second-order valence-electron chi connectivity index (χ2n) is 5.05. The molecule has 3 rings (SSSR count). The lowest BCUT2D eigenvalue weighted by molar-refractivity contribution is -0.133. The van der Waals surface area contributed by atoms with E-state index < -0.39 is 5.82 Å². The molecule has 21 heavy (non-hydrogen) atoms. The highest BCUT2D eigenvalue weighted by Crippen LogP contribution is 2.17. The number of amides is 2. The molecule has 0 unspecified atom stereocenters. The normalized spacial score (nSPS) is 15.6. The van der Waals surface area contributed by atoms with Crippen molar-refractivity contribution < 1.29 is 14.0 Å². The largest absolute Gasteiger partial charge is 0.342 e. The number of para-hydroxylation sites is 1. The van der Waals surface area contributed by atoms with Crippen molar-refractivity contribution in [2.75, 3.05) is 26.7 Å². The maximum Gasteiger partial charge on any atom is 0.273 e. The summed E-state index contributed by atoms with van der Waals surface area (Å²) in [6, 6.07) is 7.87. The Bertz CT molecular complexity index is 732. The lowest BCUT2D eigenvalue weighted by atomic mass is 10.2. The van der Waals surface area contributed by atoms with Crippen molar-refractivity contribution in [3.63, 3.8) is 0 Å². The third-order valence-electron chi connectivity index (χ3n) is 3.63. The van der Waals surface area contributed by atoms with Crippen molar-refractivity contribution in [1.29, 1.82) is 0 Å². The first-order chi connectivity index (χ1) is 10.1. The van der Waals surface area contributed by atoms with Crippen LogP contribution in [-0.4, -0.2) is 53.3 Å². The van der Waals surface area contributed by atoms with Gasteiger partial charge in [0.1, 0.15) is 23.6 Å². The van der Waals surface area contributed by atoms with E-state index in [-0.39, 0.29) is 29.6 Å². The number of pyridine rings is 1. The van der Waals surface area contributed by atoms with Gasteiger partial charge in [-0.25, -0.2) is 9.37 Å². The average Bonchev–Trinajstić information content (AvgIpc) is 2.49. The molecule has 1 fully saturated rings. The molecule has 1 aromatic heterocycles. The van der Waals surface area contributed by atoms with Gasteiger partial charge < -0.3 is 9.80 Å². The SMILES string of the molecule is CN1CCN(C(=O)c2ccc3cccc(F)c3n2)CC1=O. The summed E-state index contributed by atoms with van der Waals surface area (Å²) in [6.45, 7) is 0.983. The van der Waals surface area contributed by atoms with Crippen molar-refractivity contribution in [3.05, 3.63) is 41.8 Å². The van der Waals surface area contributed by atoms with Gasteiger partial charge in [-0.2, -0.15) is 0 Å². The highest BCUT2D eigenvalue weighted by Gasteiger charge is 2.26. The number of nitrogens with zero attached hydrogens (tertiary/aromatic N) is 3. The smallest absolute Gasteiger partial charge is 0.273 e. The third-order valence-corrected chi connectivity index (χ3v) is 3.63. The van der Waals surface area contributed by atoms with Crippen molar-refractivity contribution >= 4 is 22.7 Å². The van der Waals surface area contributed by atoms with E-state index in [1.54, 1.807) is 36.2 Å². The molecule has 0 radical (unpaired) electrons. The molecule has 1 aliphatic heterocycles. The van der Waals surface area contributed by atoms with Gasteiger partial charge in [-0.1, -0.05) is 18.2 Å². The second kappa shape index (κ2) is 5.12. The van der Waals surface area contributed by atoms with Crippen LogP contribution in [0.4, 0.5) is 4.39 Å². The highest BCUT2D eigenvalue weighted by atomic mass is 19.1. The van der Waals surface area contributed by atoms with Crippen molar-refractivity contribution in [2.24, 2.45) is 0 Å². The molecule has 0 saturated carbocycles. The maximum atomic E-state index is 13.7. The van der Waals surface area contributed by atoms with Gasteiger partial charge in [0.15, 0.2) is 0 Å². The zero-order chi connectivity index (χ0) is 15.0. The quantitative estimate of drug-likeness (QED) is 0.794. The van der Waals surface area contributed by atoms with Crippen LogP contribution in [0.5, 0.6) is 0 Å². The molecule has 1 saturated heterocycles. The van der Waals surface area contributed by atoms with Gasteiger partial charge in [0.25, 0.3) is 5.91 Å². The minimum Gasteiger partial charge on any atom is -0.342 e. The fourth-order valence-electron chi connectivity index (χ4n) is 2.32. The molecule has 108 valence electrons. The number of halogens is 1. The van der Waals surface area contributed by atoms with Gasteiger partial charge in [-0.05, 0) is 12.1 Å². The minimum atomic E-state index is -0.461. The molecule has 2 aromatic rings. The summed E-state index contributed by atoms with van der Waals surface area (Å²) < 4.78 is 13.7. The summed E-state index contributed by atoms with van der Waals surface area (Å²) in [4.78, 5) is 31.2. The molecule has 1 aliphatic rings. The minimum absolute atomic E-state index is 0.0340.